The largest absolute Gasteiger partial charge is 0.444 e. The maximum absolute atomic E-state index is 13.9. The van der Waals surface area contributed by atoms with Gasteiger partial charge in [-0.3, -0.25) is 9.59 Å². The second-order valence-electron chi connectivity index (χ2n) is 10.8. The summed E-state index contributed by atoms with van der Waals surface area (Å²) < 4.78 is 5.40. The zero-order valence-electron chi connectivity index (χ0n) is 21.6. The van der Waals surface area contributed by atoms with E-state index in [9.17, 15) is 14.4 Å². The molecule has 1 aromatic rings. The fourth-order valence-corrected chi connectivity index (χ4v) is 3.89. The molecule has 0 radical (unpaired) electrons. The number of hydrogen-bond donors (Lipinski definition) is 2. The number of benzene rings is 1. The third kappa shape index (κ3) is 7.47. The van der Waals surface area contributed by atoms with E-state index in [1.807, 2.05) is 59.7 Å². The summed E-state index contributed by atoms with van der Waals surface area (Å²) in [6.45, 7) is 16.9. The Morgan fingerprint density at radius 2 is 1.64 bits per heavy atom. The highest BCUT2D eigenvalue weighted by atomic mass is 16.6. The molecule has 2 atom stereocenters. The Morgan fingerprint density at radius 1 is 1.03 bits per heavy atom. The topological polar surface area (TPSA) is 87.7 Å². The zero-order valence-corrected chi connectivity index (χ0v) is 21.6. The second kappa shape index (κ2) is 10.6. The van der Waals surface area contributed by atoms with Gasteiger partial charge in [0.15, 0.2) is 0 Å². The van der Waals surface area contributed by atoms with E-state index in [1.165, 1.54) is 0 Å². The fraction of sp³-hybridized carbons (Fsp3) is 0.654. The smallest absolute Gasteiger partial charge is 0.408 e. The summed E-state index contributed by atoms with van der Waals surface area (Å²) in [4.78, 5) is 41.6. The van der Waals surface area contributed by atoms with Crippen molar-refractivity contribution in [1.82, 2.24) is 15.5 Å². The van der Waals surface area contributed by atoms with Crippen LogP contribution in [-0.2, 0) is 14.3 Å². The number of nitrogens with one attached hydrogen (secondary N) is 2. The van der Waals surface area contributed by atoms with Crippen molar-refractivity contribution in [3.8, 4) is 0 Å². The molecule has 0 heterocycles. The highest BCUT2D eigenvalue weighted by Gasteiger charge is 2.45. The van der Waals surface area contributed by atoms with Gasteiger partial charge in [-0.25, -0.2) is 4.79 Å². The van der Waals surface area contributed by atoms with Gasteiger partial charge in [-0.05, 0) is 78.4 Å². The Labute approximate surface area is 198 Å². The molecule has 0 saturated heterocycles. The lowest BCUT2D eigenvalue weighted by atomic mass is 9.94. The summed E-state index contributed by atoms with van der Waals surface area (Å²) in [5, 5.41) is 5.76. The lowest BCUT2D eigenvalue weighted by Gasteiger charge is -2.36. The van der Waals surface area contributed by atoms with Crippen LogP contribution in [0.3, 0.4) is 0 Å². The molecule has 0 aliphatic heterocycles. The van der Waals surface area contributed by atoms with Crippen LogP contribution in [0.4, 0.5) is 4.79 Å². The molecule has 0 spiro atoms. The first-order chi connectivity index (χ1) is 15.2. The molecule has 1 aromatic carbocycles. The van der Waals surface area contributed by atoms with E-state index >= 15 is 0 Å². The Morgan fingerprint density at radius 3 is 2.09 bits per heavy atom. The van der Waals surface area contributed by atoms with E-state index in [4.69, 9.17) is 4.74 Å². The van der Waals surface area contributed by atoms with E-state index in [2.05, 4.69) is 10.6 Å². The number of nitrogens with zero attached hydrogens (tertiary/aromatic N) is 1. The summed E-state index contributed by atoms with van der Waals surface area (Å²) in [6.07, 6.45) is 1.03. The summed E-state index contributed by atoms with van der Waals surface area (Å²) in [5.74, 6) is -0.654. The van der Waals surface area contributed by atoms with E-state index in [0.29, 0.717) is 0 Å². The molecule has 3 amide bonds. The third-order valence-electron chi connectivity index (χ3n) is 5.48. The van der Waals surface area contributed by atoms with Crippen molar-refractivity contribution in [3.05, 3.63) is 34.9 Å². The number of carbonyl (C=O) groups is 3. The first-order valence-corrected chi connectivity index (χ1v) is 11.9. The van der Waals surface area contributed by atoms with Gasteiger partial charge in [-0.1, -0.05) is 37.6 Å². The standard InChI is InChI=1S/C26H41N3O4/c1-15(2)21(28-25(32)33-26(7,8)9)24(31)29(19-11-12-19)22(23(30)27-16(3)4)20-13-10-17(5)14-18(20)6/h10,13-16,19,21-22H,11-12H2,1-9H3,(H,27,30)(H,28,32). The molecule has 1 aliphatic carbocycles. The van der Waals surface area contributed by atoms with Crippen molar-refractivity contribution >= 4 is 17.9 Å². The van der Waals surface area contributed by atoms with Gasteiger partial charge in [0, 0.05) is 12.1 Å². The molecule has 33 heavy (non-hydrogen) atoms. The molecule has 2 rings (SSSR count). The Hall–Kier alpha value is -2.57. The summed E-state index contributed by atoms with van der Waals surface area (Å²) >= 11 is 0. The van der Waals surface area contributed by atoms with Gasteiger partial charge < -0.3 is 20.3 Å². The van der Waals surface area contributed by atoms with Crippen molar-refractivity contribution in [2.75, 3.05) is 0 Å². The molecule has 1 aliphatic rings. The van der Waals surface area contributed by atoms with Crippen LogP contribution in [0.2, 0.25) is 0 Å². The third-order valence-corrected chi connectivity index (χ3v) is 5.48. The number of carbonyl (C=O) groups excluding carboxylic acids is 3. The van der Waals surface area contributed by atoms with Gasteiger partial charge in [-0.15, -0.1) is 0 Å². The van der Waals surface area contributed by atoms with Gasteiger partial charge in [0.1, 0.15) is 17.7 Å². The average Bonchev–Trinajstić information content (AvgIpc) is 3.47. The molecule has 0 bridgehead atoms. The molecule has 1 fully saturated rings. The molecule has 1 saturated carbocycles. The first-order valence-electron chi connectivity index (χ1n) is 11.9. The predicted molar refractivity (Wildman–Crippen MR) is 130 cm³/mol. The lowest BCUT2D eigenvalue weighted by Crippen LogP contribution is -2.56. The molecule has 7 heteroatoms. The number of hydrogen-bond acceptors (Lipinski definition) is 4. The predicted octanol–water partition coefficient (Wildman–Crippen LogP) is 4.41. The van der Waals surface area contributed by atoms with Gasteiger partial charge in [0.2, 0.25) is 11.8 Å². The van der Waals surface area contributed by atoms with E-state index in [-0.39, 0.29) is 29.8 Å². The lowest BCUT2D eigenvalue weighted by molar-refractivity contribution is -0.144. The summed E-state index contributed by atoms with van der Waals surface area (Å²) in [7, 11) is 0. The fourth-order valence-electron chi connectivity index (χ4n) is 3.89. The number of aryl methyl sites for hydroxylation is 2. The van der Waals surface area contributed by atoms with Gasteiger partial charge in [-0.2, -0.15) is 0 Å². The van der Waals surface area contributed by atoms with Crippen molar-refractivity contribution in [1.29, 1.82) is 0 Å². The molecule has 184 valence electrons. The minimum atomic E-state index is -0.805. The van der Waals surface area contributed by atoms with Crippen LogP contribution in [0.15, 0.2) is 18.2 Å². The van der Waals surface area contributed by atoms with Crippen molar-refractivity contribution < 1.29 is 19.1 Å². The highest BCUT2D eigenvalue weighted by Crippen LogP contribution is 2.37. The number of rotatable bonds is 8. The highest BCUT2D eigenvalue weighted by molar-refractivity contribution is 5.93. The minimum Gasteiger partial charge on any atom is -0.444 e. The Kier molecular flexibility index (Phi) is 8.55. The average molecular weight is 460 g/mol. The summed E-state index contributed by atoms with van der Waals surface area (Å²) in [6, 6.07) is 4.25. The molecular formula is C26H41N3O4. The SMILES string of the molecule is Cc1ccc(C(C(=O)NC(C)C)N(C(=O)C(NC(=O)OC(C)(C)C)C(C)C)C2CC2)c(C)c1. The number of alkyl carbamates (subject to hydrolysis) is 1. The van der Waals surface area contributed by atoms with Crippen molar-refractivity contribution in [2.24, 2.45) is 5.92 Å². The first kappa shape index (κ1) is 26.7. The molecule has 2 N–H and O–H groups in total. The number of ether oxygens (including phenoxy) is 1. The van der Waals surface area contributed by atoms with Crippen LogP contribution in [0.5, 0.6) is 0 Å². The molecule has 7 nitrogen and oxygen atoms in total. The van der Waals surface area contributed by atoms with Crippen LogP contribution >= 0.6 is 0 Å². The quantitative estimate of drug-likeness (QED) is 0.603. The van der Waals surface area contributed by atoms with Crippen LogP contribution in [0.1, 0.15) is 84.0 Å². The molecule has 2 unspecified atom stereocenters. The van der Waals surface area contributed by atoms with Crippen LogP contribution in [0, 0.1) is 19.8 Å². The van der Waals surface area contributed by atoms with Gasteiger partial charge >= 0.3 is 6.09 Å². The van der Waals surface area contributed by atoms with Gasteiger partial charge in [0.25, 0.3) is 0 Å². The number of amides is 3. The molecular weight excluding hydrogens is 418 g/mol. The van der Waals surface area contributed by atoms with E-state index in [1.54, 1.807) is 25.7 Å². The minimum absolute atomic E-state index is 0.0391. The van der Waals surface area contributed by atoms with Crippen LogP contribution < -0.4 is 10.6 Å². The summed E-state index contributed by atoms with van der Waals surface area (Å²) in [5.41, 5.74) is 2.18. The Bertz CT molecular complexity index is 869. The van der Waals surface area contributed by atoms with Crippen LogP contribution in [-0.4, -0.2) is 46.5 Å². The monoisotopic (exact) mass is 459 g/mol. The maximum atomic E-state index is 13.9. The van der Waals surface area contributed by atoms with Crippen molar-refractivity contribution in [3.63, 3.8) is 0 Å². The maximum Gasteiger partial charge on any atom is 0.408 e. The normalized spacial score (nSPS) is 15.7. The molecule has 0 aromatic heterocycles. The van der Waals surface area contributed by atoms with Crippen molar-refractivity contribution in [2.45, 2.75) is 105 Å². The van der Waals surface area contributed by atoms with Crippen LogP contribution in [0.25, 0.3) is 0 Å². The van der Waals surface area contributed by atoms with Gasteiger partial charge in [0.05, 0.1) is 0 Å². The zero-order chi connectivity index (χ0) is 25.1. The van der Waals surface area contributed by atoms with E-state index in [0.717, 1.165) is 29.5 Å². The van der Waals surface area contributed by atoms with E-state index < -0.39 is 23.8 Å². The Balaban J connectivity index is 2.47. The second-order valence-corrected chi connectivity index (χ2v) is 10.8.